The Balaban J connectivity index is 1.83. The van der Waals surface area contributed by atoms with Crippen LogP contribution in [0.5, 0.6) is 11.5 Å². The van der Waals surface area contributed by atoms with Crippen molar-refractivity contribution >= 4 is 23.4 Å². The van der Waals surface area contributed by atoms with Gasteiger partial charge in [-0.05, 0) is 53.4 Å². The fraction of sp³-hybridized carbons (Fsp3) is 0.154. The molecule has 176 valence electrons. The molecule has 0 fully saturated rings. The fourth-order valence-corrected chi connectivity index (χ4v) is 4.68. The summed E-state index contributed by atoms with van der Waals surface area (Å²) in [6, 6.07) is 21.9. The summed E-state index contributed by atoms with van der Waals surface area (Å²) in [7, 11) is 3.12. The fourth-order valence-electron chi connectivity index (χ4n) is 4.32. The number of carbonyl (C=O) groups is 1. The van der Waals surface area contributed by atoms with Gasteiger partial charge >= 0.3 is 11.3 Å². The van der Waals surface area contributed by atoms with Crippen molar-refractivity contribution in [3.63, 3.8) is 0 Å². The molecule has 1 amide bonds. The molecule has 0 saturated carbocycles. The first-order valence-corrected chi connectivity index (χ1v) is 12.1. The maximum atomic E-state index is 14.0. The van der Waals surface area contributed by atoms with Gasteiger partial charge in [-0.3, -0.25) is 14.6 Å². The van der Waals surface area contributed by atoms with E-state index in [4.69, 9.17) is 14.6 Å². The van der Waals surface area contributed by atoms with Crippen molar-refractivity contribution in [2.75, 3.05) is 25.4 Å². The quantitative estimate of drug-likeness (QED) is 0.341. The van der Waals surface area contributed by atoms with E-state index in [0.29, 0.717) is 44.7 Å². The lowest BCUT2D eigenvalue weighted by atomic mass is 10.00. The van der Waals surface area contributed by atoms with Crippen LogP contribution in [0, 0.1) is 0 Å². The minimum Gasteiger partial charge on any atom is -0.493 e. The van der Waals surface area contributed by atoms with E-state index in [1.807, 2.05) is 54.8 Å². The number of benzene rings is 3. The second kappa shape index (κ2) is 9.27. The van der Waals surface area contributed by atoms with E-state index >= 15 is 0 Å². The summed E-state index contributed by atoms with van der Waals surface area (Å²) in [6.45, 7) is 0. The zero-order chi connectivity index (χ0) is 24.5. The maximum absolute atomic E-state index is 14.0. The minimum atomic E-state index is -0.749. The number of aromatic amines is 1. The number of nitrogens with one attached hydrogen (secondary N) is 1. The van der Waals surface area contributed by atoms with Gasteiger partial charge in [0.1, 0.15) is 0 Å². The van der Waals surface area contributed by atoms with Gasteiger partial charge < -0.3 is 9.47 Å². The van der Waals surface area contributed by atoms with Gasteiger partial charge in [-0.15, -0.1) is 0 Å². The van der Waals surface area contributed by atoms with Crippen LogP contribution in [0.1, 0.15) is 22.1 Å². The van der Waals surface area contributed by atoms with E-state index < -0.39 is 6.17 Å². The maximum Gasteiger partial charge on any atom is 0.325 e. The number of nitrogens with zero attached hydrogens (tertiary/aromatic N) is 3. The van der Waals surface area contributed by atoms with Crippen LogP contribution in [0.2, 0.25) is 0 Å². The van der Waals surface area contributed by atoms with Gasteiger partial charge in [0.05, 0.1) is 25.5 Å². The summed E-state index contributed by atoms with van der Waals surface area (Å²) in [5.41, 5.74) is 2.55. The number of carbonyl (C=O) groups excluding carboxylic acids is 1. The Labute approximate surface area is 206 Å². The first kappa shape index (κ1) is 22.7. The number of hydrogen-bond acceptors (Lipinski definition) is 6. The van der Waals surface area contributed by atoms with E-state index in [-0.39, 0.29) is 11.5 Å². The number of para-hydroxylation sites is 1. The Morgan fingerprint density at radius 2 is 1.71 bits per heavy atom. The minimum absolute atomic E-state index is 0.219. The number of aromatic nitrogens is 3. The van der Waals surface area contributed by atoms with Gasteiger partial charge in [0.2, 0.25) is 5.16 Å². The summed E-state index contributed by atoms with van der Waals surface area (Å²) in [5.74, 6) is 0.846. The molecule has 0 saturated heterocycles. The van der Waals surface area contributed by atoms with Crippen molar-refractivity contribution in [1.82, 2.24) is 10.1 Å². The Kier molecular flexibility index (Phi) is 6.00. The lowest BCUT2D eigenvalue weighted by Crippen LogP contribution is -2.60. The van der Waals surface area contributed by atoms with Gasteiger partial charge in [-0.2, -0.15) is 0 Å². The molecular weight excluding hydrogens is 464 g/mol. The van der Waals surface area contributed by atoms with Gasteiger partial charge in [0, 0.05) is 16.2 Å². The number of hydrogen-bond donors (Lipinski definition) is 1. The highest BCUT2D eigenvalue weighted by molar-refractivity contribution is 7.98. The average Bonchev–Trinajstić information content (AvgIpc) is 2.91. The predicted octanol–water partition coefficient (Wildman–Crippen LogP) is 3.67. The zero-order valence-corrected chi connectivity index (χ0v) is 20.2. The largest absolute Gasteiger partial charge is 0.493 e. The highest BCUT2D eigenvalue weighted by Gasteiger charge is 2.46. The molecule has 1 aromatic heterocycles. The van der Waals surface area contributed by atoms with E-state index in [1.54, 1.807) is 48.1 Å². The number of amides is 1. The molecule has 0 bridgehead atoms. The topological polar surface area (TPSA) is 88.4 Å². The molecule has 8 nitrogen and oxygen atoms in total. The lowest BCUT2D eigenvalue weighted by Gasteiger charge is -2.32. The third kappa shape index (κ3) is 3.83. The van der Waals surface area contributed by atoms with Crippen molar-refractivity contribution < 1.29 is 19.0 Å². The summed E-state index contributed by atoms with van der Waals surface area (Å²) in [5, 5.41) is 5.17. The van der Waals surface area contributed by atoms with Crippen LogP contribution < -0.4 is 24.6 Å². The van der Waals surface area contributed by atoms with Crippen LogP contribution in [0.15, 0.2) is 82.7 Å². The van der Waals surface area contributed by atoms with Gasteiger partial charge in [0.15, 0.2) is 11.5 Å². The third-order valence-electron chi connectivity index (χ3n) is 5.90. The SMILES string of the molecule is COc1ccc([C@H]2N(C(=O)c3ccccc3)c3ccccc3-c3c(=O)[nH]c(SC)n[n+]32)cc1OC. The van der Waals surface area contributed by atoms with Crippen LogP contribution in [-0.4, -0.2) is 36.5 Å². The number of methoxy groups -OCH3 is 2. The third-order valence-corrected chi connectivity index (χ3v) is 6.47. The lowest BCUT2D eigenvalue weighted by molar-refractivity contribution is -0.763. The highest BCUT2D eigenvalue weighted by Crippen LogP contribution is 2.40. The summed E-state index contributed by atoms with van der Waals surface area (Å²) in [6.07, 6.45) is 1.08. The molecule has 0 aliphatic carbocycles. The molecule has 1 aliphatic heterocycles. The van der Waals surface area contributed by atoms with Crippen LogP contribution in [0.25, 0.3) is 11.3 Å². The Bertz CT molecular complexity index is 1470. The molecule has 1 N–H and O–H groups in total. The van der Waals surface area contributed by atoms with Crippen LogP contribution in [0.3, 0.4) is 0 Å². The standard InChI is InChI=1S/C26H22N4O4S/c1-33-20-14-13-17(15-21(20)34-2)24-29(25(32)16-9-5-4-6-10-16)19-12-8-7-11-18(19)22-23(31)27-26(35-3)28-30(22)24/h4-15,24H,1-3H3/p+1/t24-/m0/s1. The molecule has 3 aromatic carbocycles. The number of thioether (sulfide) groups is 1. The molecular formula is C26H23N4O4S+. The normalized spacial score (nSPS) is 14.1. The van der Waals surface area contributed by atoms with Crippen molar-refractivity contribution in [2.24, 2.45) is 0 Å². The number of anilines is 1. The first-order chi connectivity index (χ1) is 17.1. The zero-order valence-electron chi connectivity index (χ0n) is 19.4. The summed E-state index contributed by atoms with van der Waals surface area (Å²) < 4.78 is 12.6. The Hall–Kier alpha value is -4.11. The molecule has 5 rings (SSSR count). The van der Waals surface area contributed by atoms with Crippen LogP contribution >= 0.6 is 11.8 Å². The highest BCUT2D eigenvalue weighted by atomic mass is 32.2. The Morgan fingerprint density at radius 1 is 1.00 bits per heavy atom. The summed E-state index contributed by atoms with van der Waals surface area (Å²) in [4.78, 5) is 31.8. The number of fused-ring (bicyclic) bond motifs is 3. The number of ether oxygens (including phenoxy) is 2. The molecule has 9 heteroatoms. The molecule has 0 unspecified atom stereocenters. The van der Waals surface area contributed by atoms with Crippen molar-refractivity contribution in [1.29, 1.82) is 0 Å². The van der Waals surface area contributed by atoms with Crippen molar-refractivity contribution in [2.45, 2.75) is 11.3 Å². The number of H-pyrrole nitrogens is 1. The molecule has 1 aliphatic rings. The van der Waals surface area contributed by atoms with E-state index in [9.17, 15) is 9.59 Å². The first-order valence-electron chi connectivity index (χ1n) is 10.9. The van der Waals surface area contributed by atoms with Crippen LogP contribution in [-0.2, 0) is 0 Å². The van der Waals surface area contributed by atoms with Crippen LogP contribution in [0.4, 0.5) is 5.69 Å². The monoisotopic (exact) mass is 487 g/mol. The van der Waals surface area contributed by atoms with E-state index in [1.165, 1.54) is 11.8 Å². The van der Waals surface area contributed by atoms with E-state index in [0.717, 1.165) is 0 Å². The van der Waals surface area contributed by atoms with Gasteiger partial charge in [0.25, 0.3) is 12.1 Å². The average molecular weight is 488 g/mol. The number of rotatable bonds is 5. The smallest absolute Gasteiger partial charge is 0.325 e. The van der Waals surface area contributed by atoms with Gasteiger partial charge in [-0.1, -0.05) is 42.1 Å². The predicted molar refractivity (Wildman–Crippen MR) is 133 cm³/mol. The second-order valence-electron chi connectivity index (χ2n) is 7.80. The molecule has 4 aromatic rings. The van der Waals surface area contributed by atoms with Crippen molar-refractivity contribution in [3.05, 3.63) is 94.3 Å². The molecule has 2 heterocycles. The summed E-state index contributed by atoms with van der Waals surface area (Å²) >= 11 is 1.32. The molecule has 1 atom stereocenters. The van der Waals surface area contributed by atoms with Gasteiger partial charge in [-0.25, -0.2) is 4.90 Å². The molecule has 0 radical (unpaired) electrons. The van der Waals surface area contributed by atoms with E-state index in [2.05, 4.69) is 4.98 Å². The van der Waals surface area contributed by atoms with Crippen molar-refractivity contribution in [3.8, 4) is 22.8 Å². The second-order valence-corrected chi connectivity index (χ2v) is 8.60. The molecule has 35 heavy (non-hydrogen) atoms. The Morgan fingerprint density at radius 3 is 2.43 bits per heavy atom. The molecule has 0 spiro atoms.